The molecule has 2 aromatic carbocycles. The fourth-order valence-electron chi connectivity index (χ4n) is 3.79. The minimum atomic E-state index is -0.730. The summed E-state index contributed by atoms with van der Waals surface area (Å²) >= 11 is 18.8. The molecule has 1 atom stereocenters. The Balaban J connectivity index is 1.77. The molecule has 0 heterocycles. The van der Waals surface area contributed by atoms with Crippen molar-refractivity contribution in [3.05, 3.63) is 63.1 Å². The van der Waals surface area contributed by atoms with Crippen molar-refractivity contribution >= 4 is 46.6 Å². The van der Waals surface area contributed by atoms with E-state index in [9.17, 15) is 9.59 Å². The van der Waals surface area contributed by atoms with Crippen LogP contribution in [0.2, 0.25) is 15.1 Å². The summed E-state index contributed by atoms with van der Waals surface area (Å²) in [6, 6.07) is 11.5. The predicted molar refractivity (Wildman–Crippen MR) is 128 cm³/mol. The Morgan fingerprint density at radius 2 is 1.62 bits per heavy atom. The van der Waals surface area contributed by atoms with Crippen LogP contribution in [0.1, 0.15) is 44.6 Å². The molecular weight excluding hydrogens is 471 g/mol. The van der Waals surface area contributed by atoms with Crippen molar-refractivity contribution in [3.8, 4) is 5.75 Å². The quantitative estimate of drug-likeness (QED) is 0.494. The van der Waals surface area contributed by atoms with Crippen molar-refractivity contribution in [2.24, 2.45) is 0 Å². The van der Waals surface area contributed by atoms with Gasteiger partial charge in [-0.1, -0.05) is 72.3 Å². The number of nitrogens with one attached hydrogen (secondary N) is 1. The van der Waals surface area contributed by atoms with Gasteiger partial charge in [0.2, 0.25) is 5.91 Å². The van der Waals surface area contributed by atoms with Gasteiger partial charge in [-0.3, -0.25) is 9.59 Å². The molecule has 0 bridgehead atoms. The molecule has 1 aliphatic carbocycles. The molecule has 3 rings (SSSR count). The fourth-order valence-corrected chi connectivity index (χ4v) is 4.50. The fraction of sp³-hybridized carbons (Fsp3) is 0.417. The molecule has 5 nitrogen and oxygen atoms in total. The molecule has 0 aromatic heterocycles. The van der Waals surface area contributed by atoms with Crippen LogP contribution in [-0.4, -0.2) is 35.4 Å². The van der Waals surface area contributed by atoms with Crippen LogP contribution in [0.25, 0.3) is 0 Å². The third-order valence-electron chi connectivity index (χ3n) is 5.70. The van der Waals surface area contributed by atoms with Crippen molar-refractivity contribution in [1.29, 1.82) is 0 Å². The number of para-hydroxylation sites is 1. The van der Waals surface area contributed by atoms with Crippen LogP contribution in [-0.2, 0) is 16.1 Å². The van der Waals surface area contributed by atoms with Crippen molar-refractivity contribution in [2.75, 3.05) is 6.61 Å². The zero-order valence-electron chi connectivity index (χ0n) is 18.0. The maximum absolute atomic E-state index is 13.2. The Labute approximate surface area is 204 Å². The van der Waals surface area contributed by atoms with Gasteiger partial charge < -0.3 is 15.0 Å². The number of benzene rings is 2. The molecule has 0 unspecified atom stereocenters. The van der Waals surface area contributed by atoms with Gasteiger partial charge in [-0.15, -0.1) is 0 Å². The number of hydrogen-bond acceptors (Lipinski definition) is 3. The number of carbonyl (C=O) groups is 2. The van der Waals surface area contributed by atoms with Crippen LogP contribution < -0.4 is 10.1 Å². The largest absolute Gasteiger partial charge is 0.482 e. The van der Waals surface area contributed by atoms with E-state index in [0.29, 0.717) is 26.4 Å². The second-order valence-electron chi connectivity index (χ2n) is 7.96. The van der Waals surface area contributed by atoms with Gasteiger partial charge in [-0.2, -0.15) is 0 Å². The molecule has 1 fully saturated rings. The maximum atomic E-state index is 13.2. The smallest absolute Gasteiger partial charge is 0.261 e. The minimum absolute atomic E-state index is 0.0858. The molecule has 1 N–H and O–H groups in total. The lowest BCUT2D eigenvalue weighted by Gasteiger charge is -2.31. The highest BCUT2D eigenvalue weighted by atomic mass is 35.5. The van der Waals surface area contributed by atoms with Gasteiger partial charge >= 0.3 is 0 Å². The molecule has 1 aliphatic rings. The number of carbonyl (C=O) groups excluding carboxylic acids is 2. The zero-order chi connectivity index (χ0) is 23.1. The summed E-state index contributed by atoms with van der Waals surface area (Å²) in [6.45, 7) is 1.52. The second-order valence-corrected chi connectivity index (χ2v) is 9.18. The molecule has 0 saturated heterocycles. The van der Waals surface area contributed by atoms with E-state index in [2.05, 4.69) is 5.32 Å². The van der Waals surface area contributed by atoms with Crippen molar-refractivity contribution in [2.45, 2.75) is 57.7 Å². The summed E-state index contributed by atoms with van der Waals surface area (Å²) in [7, 11) is 0. The first-order chi connectivity index (χ1) is 15.4. The highest BCUT2D eigenvalue weighted by molar-refractivity contribution is 6.36. The van der Waals surface area contributed by atoms with E-state index in [1.165, 1.54) is 11.3 Å². The summed E-state index contributed by atoms with van der Waals surface area (Å²) in [5.74, 6) is -0.170. The molecule has 172 valence electrons. The van der Waals surface area contributed by atoms with E-state index >= 15 is 0 Å². The van der Waals surface area contributed by atoms with Crippen molar-refractivity contribution in [3.63, 3.8) is 0 Å². The first-order valence-corrected chi connectivity index (χ1v) is 11.9. The summed E-state index contributed by atoms with van der Waals surface area (Å²) in [5.41, 5.74) is 0.583. The van der Waals surface area contributed by atoms with Gasteiger partial charge in [-0.05, 0) is 44.0 Å². The molecule has 32 heavy (non-hydrogen) atoms. The summed E-state index contributed by atoms with van der Waals surface area (Å²) in [4.78, 5) is 27.6. The summed E-state index contributed by atoms with van der Waals surface area (Å²) in [5, 5.41) is 4.36. The van der Waals surface area contributed by atoms with Crippen LogP contribution in [0.15, 0.2) is 42.5 Å². The maximum Gasteiger partial charge on any atom is 0.261 e. The van der Waals surface area contributed by atoms with E-state index in [0.717, 1.165) is 25.7 Å². The highest BCUT2D eigenvalue weighted by Gasteiger charge is 2.29. The Morgan fingerprint density at radius 1 is 1.00 bits per heavy atom. The number of nitrogens with zero attached hydrogens (tertiary/aromatic N) is 1. The number of halogens is 3. The molecule has 8 heteroatoms. The van der Waals surface area contributed by atoms with E-state index in [1.807, 2.05) is 0 Å². The molecule has 2 aromatic rings. The van der Waals surface area contributed by atoms with Gasteiger partial charge in [0.05, 0.1) is 5.02 Å². The SMILES string of the molecule is C[C@@H](C(=O)NC1CCCCC1)N(Cc1c(Cl)cccc1Cl)C(=O)COc1ccccc1Cl. The van der Waals surface area contributed by atoms with Crippen LogP contribution in [0.4, 0.5) is 0 Å². The normalized spacial score (nSPS) is 15.1. The third kappa shape index (κ3) is 6.53. The number of amides is 2. The number of hydrogen-bond donors (Lipinski definition) is 1. The topological polar surface area (TPSA) is 58.6 Å². The van der Waals surface area contributed by atoms with Crippen molar-refractivity contribution in [1.82, 2.24) is 10.2 Å². The van der Waals surface area contributed by atoms with E-state index < -0.39 is 6.04 Å². The van der Waals surface area contributed by atoms with Crippen LogP contribution in [0, 0.1) is 0 Å². The van der Waals surface area contributed by atoms with E-state index in [1.54, 1.807) is 49.4 Å². The Bertz CT molecular complexity index is 928. The number of rotatable bonds is 8. The Hall–Kier alpha value is -1.95. The average Bonchev–Trinajstić information content (AvgIpc) is 2.78. The summed E-state index contributed by atoms with van der Waals surface area (Å²) in [6.07, 6.45) is 5.30. The average molecular weight is 498 g/mol. The van der Waals surface area contributed by atoms with Crippen LogP contribution >= 0.6 is 34.8 Å². The zero-order valence-corrected chi connectivity index (χ0v) is 20.2. The van der Waals surface area contributed by atoms with Crippen LogP contribution in [0.5, 0.6) is 5.75 Å². The Kier molecular flexibility index (Phi) is 9.09. The van der Waals surface area contributed by atoms with Gasteiger partial charge in [0.15, 0.2) is 6.61 Å². The lowest BCUT2D eigenvalue weighted by atomic mass is 9.95. The molecule has 0 radical (unpaired) electrons. The van der Waals surface area contributed by atoms with Gasteiger partial charge in [0.1, 0.15) is 11.8 Å². The first-order valence-electron chi connectivity index (χ1n) is 10.8. The predicted octanol–water partition coefficient (Wildman–Crippen LogP) is 5.89. The second kappa shape index (κ2) is 11.8. The monoisotopic (exact) mass is 496 g/mol. The van der Waals surface area contributed by atoms with Gasteiger partial charge in [0, 0.05) is 28.2 Å². The van der Waals surface area contributed by atoms with Gasteiger partial charge in [-0.25, -0.2) is 0 Å². The van der Waals surface area contributed by atoms with Crippen molar-refractivity contribution < 1.29 is 14.3 Å². The van der Waals surface area contributed by atoms with E-state index in [-0.39, 0.29) is 31.0 Å². The summed E-state index contributed by atoms with van der Waals surface area (Å²) < 4.78 is 5.64. The molecule has 1 saturated carbocycles. The number of ether oxygens (including phenoxy) is 1. The third-order valence-corrected chi connectivity index (χ3v) is 6.72. The minimum Gasteiger partial charge on any atom is -0.482 e. The molecule has 2 amide bonds. The lowest BCUT2D eigenvalue weighted by molar-refractivity contribution is -0.142. The first kappa shape index (κ1) is 24.7. The lowest BCUT2D eigenvalue weighted by Crippen LogP contribution is -2.51. The van der Waals surface area contributed by atoms with Crippen LogP contribution in [0.3, 0.4) is 0 Å². The molecular formula is C24H27Cl3N2O3. The Morgan fingerprint density at radius 3 is 2.28 bits per heavy atom. The van der Waals surface area contributed by atoms with Gasteiger partial charge in [0.25, 0.3) is 5.91 Å². The van der Waals surface area contributed by atoms with E-state index in [4.69, 9.17) is 39.5 Å². The molecule has 0 spiro atoms. The highest BCUT2D eigenvalue weighted by Crippen LogP contribution is 2.27. The standard InChI is InChI=1S/C24H27Cl3N2O3/c1-16(24(31)28-17-8-3-2-4-9-17)29(14-18-19(25)11-7-12-20(18)26)23(30)15-32-22-13-6-5-10-21(22)27/h5-7,10-13,16-17H,2-4,8-9,14-15H2,1H3,(H,28,31)/t16-/m0/s1. The molecule has 0 aliphatic heterocycles.